The van der Waals surface area contributed by atoms with Crippen LogP contribution in [0, 0.1) is 5.92 Å². The van der Waals surface area contributed by atoms with Crippen LogP contribution < -0.4 is 21.7 Å². The second-order valence-electron chi connectivity index (χ2n) is 8.62. The van der Waals surface area contributed by atoms with Crippen LogP contribution in [0.2, 0.25) is 0 Å². The van der Waals surface area contributed by atoms with Crippen molar-refractivity contribution >= 4 is 25.0 Å². The Morgan fingerprint density at radius 2 is 1.63 bits per heavy atom. The minimum Gasteiger partial charge on any atom is -0.444 e. The molecule has 3 atom stereocenters. The number of carbonyl (C=O) groups excluding carboxylic acids is 3. The molecule has 0 unspecified atom stereocenters. The predicted molar refractivity (Wildman–Crippen MR) is 115 cm³/mol. The van der Waals surface area contributed by atoms with Gasteiger partial charge in [-0.2, -0.15) is 0 Å². The quantitative estimate of drug-likeness (QED) is 0.221. The SMILES string of the molecule is COB(O)[C@@H](CCCCN)NC(=O)[C@@H](NC(=O)[C@H](C)NC(=O)OC(C)(C)C)C(C)C. The Balaban J connectivity index is 5.01. The van der Waals surface area contributed by atoms with Crippen molar-refractivity contribution in [2.45, 2.75) is 84.4 Å². The van der Waals surface area contributed by atoms with E-state index in [1.54, 1.807) is 34.6 Å². The zero-order valence-corrected chi connectivity index (χ0v) is 19.3. The molecule has 0 aromatic carbocycles. The molecule has 0 saturated heterocycles. The number of unbranched alkanes of at least 4 members (excludes halogenated alkanes) is 1. The number of rotatable bonds is 12. The molecule has 0 aliphatic rings. The van der Waals surface area contributed by atoms with Crippen LogP contribution in [0.4, 0.5) is 4.79 Å². The van der Waals surface area contributed by atoms with Gasteiger partial charge in [-0.1, -0.05) is 20.3 Å². The van der Waals surface area contributed by atoms with Gasteiger partial charge in [-0.15, -0.1) is 0 Å². The number of hydrogen-bond acceptors (Lipinski definition) is 7. The molecule has 0 heterocycles. The fourth-order valence-electron chi connectivity index (χ4n) is 2.59. The summed E-state index contributed by atoms with van der Waals surface area (Å²) in [4.78, 5) is 37.2. The fraction of sp³-hybridized carbons (Fsp3) is 0.842. The molecule has 0 saturated carbocycles. The summed E-state index contributed by atoms with van der Waals surface area (Å²) in [6.45, 7) is 10.7. The number of hydrogen-bond donors (Lipinski definition) is 5. The van der Waals surface area contributed by atoms with Crippen LogP contribution in [0.1, 0.15) is 60.8 Å². The zero-order valence-electron chi connectivity index (χ0n) is 19.3. The predicted octanol–water partition coefficient (Wildman–Crippen LogP) is 0.320. The highest BCUT2D eigenvalue weighted by molar-refractivity contribution is 6.45. The summed E-state index contributed by atoms with van der Waals surface area (Å²) in [5.41, 5.74) is 4.80. The standard InChI is InChI=1S/C19H39BN4O6/c1-12(2)15(17(26)23-14(20(28)29-7)10-8-9-11-21)24-16(25)13(3)22-18(27)30-19(4,5)6/h12-15,28H,8-11,21H2,1-7H3,(H,22,27)(H,23,26)(H,24,25)/t13-,14+,15-/m0/s1. The summed E-state index contributed by atoms with van der Waals surface area (Å²) >= 11 is 0. The largest absolute Gasteiger partial charge is 0.477 e. The molecular formula is C19H39BN4O6. The Kier molecular flexibility index (Phi) is 12.6. The Morgan fingerprint density at radius 1 is 1.03 bits per heavy atom. The van der Waals surface area contributed by atoms with E-state index >= 15 is 0 Å². The Labute approximate surface area is 180 Å². The number of ether oxygens (including phenoxy) is 1. The van der Waals surface area contributed by atoms with Gasteiger partial charge >= 0.3 is 13.2 Å². The number of amides is 3. The van der Waals surface area contributed by atoms with E-state index in [1.807, 2.05) is 0 Å². The molecule has 6 N–H and O–H groups in total. The molecule has 30 heavy (non-hydrogen) atoms. The average molecular weight is 430 g/mol. The van der Waals surface area contributed by atoms with Crippen molar-refractivity contribution in [3.8, 4) is 0 Å². The monoisotopic (exact) mass is 430 g/mol. The van der Waals surface area contributed by atoms with Gasteiger partial charge in [-0.3, -0.25) is 9.59 Å². The maximum atomic E-state index is 12.8. The Bertz CT molecular complexity index is 556. The average Bonchev–Trinajstić information content (AvgIpc) is 2.62. The van der Waals surface area contributed by atoms with Gasteiger partial charge in [0.1, 0.15) is 17.7 Å². The topological polar surface area (TPSA) is 152 Å². The van der Waals surface area contributed by atoms with Crippen molar-refractivity contribution in [3.05, 3.63) is 0 Å². The van der Waals surface area contributed by atoms with Crippen LogP contribution in [0.25, 0.3) is 0 Å². The molecule has 0 radical (unpaired) electrons. The lowest BCUT2D eigenvalue weighted by molar-refractivity contribution is -0.131. The molecular weight excluding hydrogens is 391 g/mol. The summed E-state index contributed by atoms with van der Waals surface area (Å²) < 4.78 is 10.1. The van der Waals surface area contributed by atoms with Crippen molar-refractivity contribution in [3.63, 3.8) is 0 Å². The first kappa shape index (κ1) is 28.2. The van der Waals surface area contributed by atoms with Gasteiger partial charge in [0.25, 0.3) is 0 Å². The van der Waals surface area contributed by atoms with Crippen molar-refractivity contribution in [1.29, 1.82) is 0 Å². The number of nitrogens with one attached hydrogen (secondary N) is 3. The van der Waals surface area contributed by atoms with Gasteiger partial charge in [0.15, 0.2) is 0 Å². The molecule has 0 aromatic rings. The summed E-state index contributed by atoms with van der Waals surface area (Å²) in [5, 5.41) is 17.9. The third-order valence-corrected chi connectivity index (χ3v) is 4.26. The number of nitrogens with two attached hydrogens (primary N) is 1. The van der Waals surface area contributed by atoms with Gasteiger partial charge in [0, 0.05) is 7.11 Å². The van der Waals surface area contributed by atoms with Crippen molar-refractivity contribution in [1.82, 2.24) is 16.0 Å². The van der Waals surface area contributed by atoms with Gasteiger partial charge in [0.05, 0.1) is 5.94 Å². The molecule has 0 aliphatic heterocycles. The smallest absolute Gasteiger partial charge is 0.444 e. The molecule has 0 spiro atoms. The number of alkyl carbamates (subject to hydrolysis) is 1. The normalized spacial score (nSPS) is 14.5. The van der Waals surface area contributed by atoms with Crippen LogP contribution in [0.5, 0.6) is 0 Å². The van der Waals surface area contributed by atoms with Crippen molar-refractivity contribution in [2.24, 2.45) is 11.7 Å². The lowest BCUT2D eigenvalue weighted by atomic mass is 9.75. The van der Waals surface area contributed by atoms with E-state index in [2.05, 4.69) is 16.0 Å². The van der Waals surface area contributed by atoms with E-state index in [1.165, 1.54) is 14.0 Å². The van der Waals surface area contributed by atoms with E-state index in [0.29, 0.717) is 19.4 Å². The molecule has 3 amide bonds. The Morgan fingerprint density at radius 3 is 2.10 bits per heavy atom. The molecule has 0 fully saturated rings. The fourth-order valence-corrected chi connectivity index (χ4v) is 2.59. The minimum atomic E-state index is -1.18. The maximum Gasteiger partial charge on any atom is 0.477 e. The molecule has 0 bridgehead atoms. The summed E-state index contributed by atoms with van der Waals surface area (Å²) in [6.07, 6.45) is 1.21. The van der Waals surface area contributed by atoms with E-state index in [0.717, 1.165) is 6.42 Å². The van der Waals surface area contributed by atoms with Crippen LogP contribution >= 0.6 is 0 Å². The van der Waals surface area contributed by atoms with E-state index in [9.17, 15) is 19.4 Å². The molecule has 10 nitrogen and oxygen atoms in total. The third kappa shape index (κ3) is 11.4. The van der Waals surface area contributed by atoms with Gasteiger partial charge in [-0.05, 0) is 53.0 Å². The first-order valence-electron chi connectivity index (χ1n) is 10.3. The van der Waals surface area contributed by atoms with Gasteiger partial charge in [0.2, 0.25) is 11.8 Å². The van der Waals surface area contributed by atoms with Crippen LogP contribution in [-0.4, -0.2) is 67.3 Å². The summed E-state index contributed by atoms with van der Waals surface area (Å²) in [6, 6.07) is -1.76. The molecule has 0 aliphatic carbocycles. The maximum absolute atomic E-state index is 12.8. The molecule has 174 valence electrons. The molecule has 11 heteroatoms. The summed E-state index contributed by atoms with van der Waals surface area (Å²) in [5.74, 6) is -1.84. The minimum absolute atomic E-state index is 0.230. The van der Waals surface area contributed by atoms with Gasteiger partial charge < -0.3 is 36.1 Å². The zero-order chi connectivity index (χ0) is 23.5. The van der Waals surface area contributed by atoms with Crippen molar-refractivity contribution in [2.75, 3.05) is 13.7 Å². The van der Waals surface area contributed by atoms with E-state index in [4.69, 9.17) is 15.1 Å². The highest BCUT2D eigenvalue weighted by Gasteiger charge is 2.32. The second-order valence-corrected chi connectivity index (χ2v) is 8.62. The van der Waals surface area contributed by atoms with E-state index in [-0.39, 0.29) is 5.92 Å². The Hall–Kier alpha value is -1.85. The highest BCUT2D eigenvalue weighted by atomic mass is 16.6. The van der Waals surface area contributed by atoms with Crippen LogP contribution in [0.15, 0.2) is 0 Å². The van der Waals surface area contributed by atoms with Gasteiger partial charge in [-0.25, -0.2) is 4.79 Å². The first-order valence-corrected chi connectivity index (χ1v) is 10.3. The molecule has 0 aromatic heterocycles. The van der Waals surface area contributed by atoms with Crippen LogP contribution in [-0.2, 0) is 19.0 Å². The first-order chi connectivity index (χ1) is 13.8. The second kappa shape index (κ2) is 13.5. The molecule has 0 rings (SSSR count). The highest BCUT2D eigenvalue weighted by Crippen LogP contribution is 2.09. The van der Waals surface area contributed by atoms with Crippen molar-refractivity contribution < 1.29 is 28.8 Å². The lowest BCUT2D eigenvalue weighted by Gasteiger charge is -2.27. The summed E-state index contributed by atoms with van der Waals surface area (Å²) in [7, 11) is 0.168. The lowest BCUT2D eigenvalue weighted by Crippen LogP contribution is -2.58. The van der Waals surface area contributed by atoms with E-state index < -0.39 is 48.7 Å². The third-order valence-electron chi connectivity index (χ3n) is 4.26. The van der Waals surface area contributed by atoms with Crippen LogP contribution in [0.3, 0.4) is 0 Å². The number of carbonyl (C=O) groups is 3.